The van der Waals surface area contributed by atoms with Crippen molar-refractivity contribution in [2.45, 2.75) is 18.9 Å². The van der Waals surface area contributed by atoms with Gasteiger partial charge < -0.3 is 10.4 Å². The number of aliphatic carboxylic acids is 1. The third-order valence-corrected chi connectivity index (χ3v) is 3.95. The Hall–Kier alpha value is -1.88. The van der Waals surface area contributed by atoms with Crippen molar-refractivity contribution >= 4 is 11.9 Å². The van der Waals surface area contributed by atoms with E-state index in [1.165, 1.54) is 5.56 Å². The molecule has 3 rings (SSSR count). The van der Waals surface area contributed by atoms with E-state index in [1.54, 1.807) is 0 Å². The molecule has 5 heteroatoms. The van der Waals surface area contributed by atoms with E-state index in [1.807, 2.05) is 12.1 Å². The van der Waals surface area contributed by atoms with Crippen LogP contribution in [-0.4, -0.2) is 41.5 Å². The van der Waals surface area contributed by atoms with Gasteiger partial charge in [0.15, 0.2) is 0 Å². The topological polar surface area (TPSA) is 69.6 Å². The van der Waals surface area contributed by atoms with Gasteiger partial charge in [0.2, 0.25) is 0 Å². The van der Waals surface area contributed by atoms with Crippen LogP contribution in [0.5, 0.6) is 0 Å². The Labute approximate surface area is 111 Å². The second-order valence-electron chi connectivity index (χ2n) is 5.03. The SMILES string of the molecule is O=C(O)CCN1CCc2cccc3c2C1CNC3=O. The second kappa shape index (κ2) is 4.66. The van der Waals surface area contributed by atoms with Gasteiger partial charge in [-0.25, -0.2) is 0 Å². The van der Waals surface area contributed by atoms with Gasteiger partial charge in [-0.15, -0.1) is 0 Å². The molecule has 0 radical (unpaired) electrons. The molecule has 0 bridgehead atoms. The smallest absolute Gasteiger partial charge is 0.304 e. The Balaban J connectivity index is 1.92. The second-order valence-corrected chi connectivity index (χ2v) is 5.03. The maximum absolute atomic E-state index is 11.9. The molecule has 1 aromatic carbocycles. The van der Waals surface area contributed by atoms with E-state index >= 15 is 0 Å². The van der Waals surface area contributed by atoms with E-state index in [-0.39, 0.29) is 18.4 Å². The summed E-state index contributed by atoms with van der Waals surface area (Å²) >= 11 is 0. The van der Waals surface area contributed by atoms with Crippen molar-refractivity contribution in [3.8, 4) is 0 Å². The molecule has 1 amide bonds. The first-order valence-electron chi connectivity index (χ1n) is 6.52. The summed E-state index contributed by atoms with van der Waals surface area (Å²) < 4.78 is 0. The first kappa shape index (κ1) is 12.2. The van der Waals surface area contributed by atoms with Gasteiger partial charge in [0.25, 0.3) is 5.91 Å². The van der Waals surface area contributed by atoms with Crippen LogP contribution in [0.4, 0.5) is 0 Å². The van der Waals surface area contributed by atoms with E-state index in [0.717, 1.165) is 24.1 Å². The third kappa shape index (κ3) is 2.10. The minimum atomic E-state index is -0.779. The summed E-state index contributed by atoms with van der Waals surface area (Å²) in [6.07, 6.45) is 1.02. The molecule has 1 aromatic rings. The van der Waals surface area contributed by atoms with Crippen molar-refractivity contribution in [3.05, 3.63) is 34.9 Å². The van der Waals surface area contributed by atoms with E-state index in [2.05, 4.69) is 16.3 Å². The minimum Gasteiger partial charge on any atom is -0.481 e. The number of carbonyl (C=O) groups is 2. The number of hydrogen-bond acceptors (Lipinski definition) is 3. The molecule has 1 unspecified atom stereocenters. The average Bonchev–Trinajstić information content (AvgIpc) is 2.41. The van der Waals surface area contributed by atoms with E-state index in [0.29, 0.717) is 13.1 Å². The van der Waals surface area contributed by atoms with E-state index in [4.69, 9.17) is 5.11 Å². The molecule has 100 valence electrons. The van der Waals surface area contributed by atoms with Gasteiger partial charge in [-0.3, -0.25) is 14.5 Å². The molecule has 0 spiro atoms. The van der Waals surface area contributed by atoms with Crippen LogP contribution in [0.15, 0.2) is 18.2 Å². The summed E-state index contributed by atoms with van der Waals surface area (Å²) in [5.41, 5.74) is 3.07. The van der Waals surface area contributed by atoms with Gasteiger partial charge >= 0.3 is 5.97 Å². The zero-order chi connectivity index (χ0) is 13.4. The molecule has 0 saturated heterocycles. The van der Waals surface area contributed by atoms with Crippen LogP contribution in [-0.2, 0) is 11.2 Å². The van der Waals surface area contributed by atoms with Crippen molar-refractivity contribution in [3.63, 3.8) is 0 Å². The van der Waals surface area contributed by atoms with Crippen LogP contribution in [0.3, 0.4) is 0 Å². The van der Waals surface area contributed by atoms with Gasteiger partial charge in [-0.2, -0.15) is 0 Å². The molecule has 2 aliphatic rings. The highest BCUT2D eigenvalue weighted by molar-refractivity contribution is 5.97. The van der Waals surface area contributed by atoms with Gasteiger partial charge in [0.1, 0.15) is 0 Å². The van der Waals surface area contributed by atoms with Crippen molar-refractivity contribution in [1.29, 1.82) is 0 Å². The fraction of sp³-hybridized carbons (Fsp3) is 0.429. The zero-order valence-electron chi connectivity index (χ0n) is 10.6. The van der Waals surface area contributed by atoms with Crippen LogP contribution in [0.1, 0.15) is 33.9 Å². The van der Waals surface area contributed by atoms with E-state index in [9.17, 15) is 9.59 Å². The van der Waals surface area contributed by atoms with Crippen molar-refractivity contribution in [2.24, 2.45) is 0 Å². The third-order valence-electron chi connectivity index (χ3n) is 3.95. The van der Waals surface area contributed by atoms with Gasteiger partial charge in [0, 0.05) is 25.2 Å². The number of nitrogens with zero attached hydrogens (tertiary/aromatic N) is 1. The summed E-state index contributed by atoms with van der Waals surface area (Å²) in [6.45, 7) is 1.95. The number of nitrogens with one attached hydrogen (secondary N) is 1. The summed E-state index contributed by atoms with van der Waals surface area (Å²) in [6, 6.07) is 5.96. The maximum atomic E-state index is 11.9. The van der Waals surface area contributed by atoms with Gasteiger partial charge in [-0.1, -0.05) is 12.1 Å². The fourth-order valence-corrected chi connectivity index (χ4v) is 3.05. The quantitative estimate of drug-likeness (QED) is 0.843. The monoisotopic (exact) mass is 260 g/mol. The largest absolute Gasteiger partial charge is 0.481 e. The lowest BCUT2D eigenvalue weighted by molar-refractivity contribution is -0.137. The summed E-state index contributed by atoms with van der Waals surface area (Å²) in [7, 11) is 0. The van der Waals surface area contributed by atoms with Crippen LogP contribution in [0.25, 0.3) is 0 Å². The molecule has 1 atom stereocenters. The van der Waals surface area contributed by atoms with Crippen LogP contribution < -0.4 is 5.32 Å². The molecule has 2 heterocycles. The first-order chi connectivity index (χ1) is 9.16. The molecule has 0 aromatic heterocycles. The molecule has 19 heavy (non-hydrogen) atoms. The lowest BCUT2D eigenvalue weighted by Crippen LogP contribution is -2.47. The summed E-state index contributed by atoms with van der Waals surface area (Å²) in [5, 5.41) is 11.7. The standard InChI is InChI=1S/C14H16N2O3/c17-12(18)5-7-16-6-4-9-2-1-3-10-13(9)11(16)8-15-14(10)19/h1-3,11H,4-8H2,(H,15,19)(H,17,18). The van der Waals surface area contributed by atoms with Crippen molar-refractivity contribution < 1.29 is 14.7 Å². The normalized spacial score (nSPS) is 21.7. The molecular weight excluding hydrogens is 244 g/mol. The Morgan fingerprint density at radius 2 is 2.32 bits per heavy atom. The van der Waals surface area contributed by atoms with Crippen LogP contribution in [0, 0.1) is 0 Å². The number of carbonyl (C=O) groups excluding carboxylic acids is 1. The van der Waals surface area contributed by atoms with Crippen LogP contribution in [0.2, 0.25) is 0 Å². The Kier molecular flexibility index (Phi) is 2.98. The van der Waals surface area contributed by atoms with E-state index < -0.39 is 5.97 Å². The predicted octanol–water partition coefficient (Wildman–Crippen LogP) is 0.804. The minimum absolute atomic E-state index is 0.0202. The summed E-state index contributed by atoms with van der Waals surface area (Å²) in [4.78, 5) is 24.8. The lowest BCUT2D eigenvalue weighted by Gasteiger charge is -2.40. The number of benzene rings is 1. The molecule has 2 aliphatic heterocycles. The number of carboxylic acid groups (broad SMARTS) is 1. The Bertz CT molecular complexity index is 541. The van der Waals surface area contributed by atoms with Crippen molar-refractivity contribution in [2.75, 3.05) is 19.6 Å². The molecule has 0 saturated carbocycles. The molecule has 2 N–H and O–H groups in total. The van der Waals surface area contributed by atoms with Gasteiger partial charge in [-0.05, 0) is 23.6 Å². The zero-order valence-corrected chi connectivity index (χ0v) is 10.6. The molecule has 0 aliphatic carbocycles. The van der Waals surface area contributed by atoms with Gasteiger partial charge in [0.05, 0.1) is 12.5 Å². The lowest BCUT2D eigenvalue weighted by atomic mass is 9.86. The molecular formula is C14H16N2O3. The Morgan fingerprint density at radius 1 is 1.47 bits per heavy atom. The highest BCUT2D eigenvalue weighted by atomic mass is 16.4. The predicted molar refractivity (Wildman–Crippen MR) is 69.0 cm³/mol. The number of rotatable bonds is 3. The first-order valence-corrected chi connectivity index (χ1v) is 6.52. The average molecular weight is 260 g/mol. The molecule has 0 fully saturated rings. The highest BCUT2D eigenvalue weighted by Crippen LogP contribution is 2.34. The number of carboxylic acids is 1. The number of hydrogen-bond donors (Lipinski definition) is 2. The summed E-state index contributed by atoms with van der Waals surface area (Å²) in [5.74, 6) is -0.799. The van der Waals surface area contributed by atoms with Crippen LogP contribution >= 0.6 is 0 Å². The highest BCUT2D eigenvalue weighted by Gasteiger charge is 2.34. The van der Waals surface area contributed by atoms with Crippen molar-refractivity contribution in [1.82, 2.24) is 10.2 Å². The maximum Gasteiger partial charge on any atom is 0.304 e. The number of amides is 1. The molecule has 5 nitrogen and oxygen atoms in total. The fourth-order valence-electron chi connectivity index (χ4n) is 3.05. The Morgan fingerprint density at radius 3 is 3.11 bits per heavy atom.